The lowest BCUT2D eigenvalue weighted by Gasteiger charge is -2.16. The van der Waals surface area contributed by atoms with Crippen LogP contribution < -0.4 is 10.1 Å². The van der Waals surface area contributed by atoms with Gasteiger partial charge in [0.25, 0.3) is 0 Å². The van der Waals surface area contributed by atoms with Crippen LogP contribution in [-0.4, -0.2) is 13.7 Å². The maximum absolute atomic E-state index is 5.66. The van der Waals surface area contributed by atoms with Crippen molar-refractivity contribution in [1.82, 2.24) is 5.32 Å². The highest BCUT2D eigenvalue weighted by Gasteiger charge is 2.08. The first-order valence-electron chi connectivity index (χ1n) is 6.61. The summed E-state index contributed by atoms with van der Waals surface area (Å²) in [5.41, 5.74) is 1.27. The lowest BCUT2D eigenvalue weighted by atomic mass is 10.0. The van der Waals surface area contributed by atoms with Gasteiger partial charge in [-0.2, -0.15) is 0 Å². The van der Waals surface area contributed by atoms with Crippen LogP contribution in [0.3, 0.4) is 0 Å². The van der Waals surface area contributed by atoms with E-state index in [-0.39, 0.29) is 0 Å². The van der Waals surface area contributed by atoms with Crippen molar-refractivity contribution in [1.29, 1.82) is 0 Å². The number of benzene rings is 1. The van der Waals surface area contributed by atoms with E-state index in [1.807, 2.05) is 20.0 Å². The van der Waals surface area contributed by atoms with Gasteiger partial charge in [0.1, 0.15) is 5.75 Å². The van der Waals surface area contributed by atoms with Gasteiger partial charge < -0.3 is 10.1 Å². The molecule has 0 saturated carbocycles. The van der Waals surface area contributed by atoms with Gasteiger partial charge in [0.05, 0.1) is 6.61 Å². The van der Waals surface area contributed by atoms with Crippen LogP contribution in [0.4, 0.5) is 0 Å². The molecule has 1 rings (SSSR count). The molecule has 0 radical (unpaired) electrons. The Morgan fingerprint density at radius 3 is 2.89 bits per heavy atom. The van der Waals surface area contributed by atoms with Crippen LogP contribution in [0, 0.1) is 11.8 Å². The second-order valence-corrected chi connectivity index (χ2v) is 4.23. The van der Waals surface area contributed by atoms with Crippen LogP contribution in [0.25, 0.3) is 0 Å². The van der Waals surface area contributed by atoms with E-state index < -0.39 is 0 Å². The molecule has 98 valence electrons. The molecule has 1 unspecified atom stereocenters. The molecule has 0 aliphatic heterocycles. The predicted molar refractivity (Wildman–Crippen MR) is 76.7 cm³/mol. The quantitative estimate of drug-likeness (QED) is 0.742. The molecule has 0 spiro atoms. The van der Waals surface area contributed by atoms with Crippen molar-refractivity contribution in [2.45, 2.75) is 39.2 Å². The number of rotatable bonds is 7. The molecule has 0 aliphatic carbocycles. The topological polar surface area (TPSA) is 21.3 Å². The van der Waals surface area contributed by atoms with Crippen molar-refractivity contribution in [3.8, 4) is 17.6 Å². The average molecular weight is 245 g/mol. The van der Waals surface area contributed by atoms with Crippen molar-refractivity contribution < 1.29 is 4.74 Å². The van der Waals surface area contributed by atoms with Crippen molar-refractivity contribution >= 4 is 0 Å². The fourth-order valence-electron chi connectivity index (χ4n) is 1.86. The van der Waals surface area contributed by atoms with Gasteiger partial charge in [-0.05, 0) is 44.5 Å². The first-order chi connectivity index (χ1) is 8.81. The fourth-order valence-corrected chi connectivity index (χ4v) is 1.86. The number of ether oxygens (including phenoxy) is 1. The van der Waals surface area contributed by atoms with Gasteiger partial charge in [0.2, 0.25) is 0 Å². The highest BCUT2D eigenvalue weighted by Crippen LogP contribution is 2.22. The second kappa shape index (κ2) is 8.60. The zero-order valence-electron chi connectivity index (χ0n) is 11.6. The maximum atomic E-state index is 5.66. The molecule has 2 nitrogen and oxygen atoms in total. The van der Waals surface area contributed by atoms with Gasteiger partial charge >= 0.3 is 0 Å². The Morgan fingerprint density at radius 2 is 2.22 bits per heavy atom. The molecule has 0 heterocycles. The molecular formula is C16H23NO. The van der Waals surface area contributed by atoms with E-state index in [1.54, 1.807) is 0 Å². The van der Waals surface area contributed by atoms with Gasteiger partial charge in [0.15, 0.2) is 0 Å². The van der Waals surface area contributed by atoms with E-state index in [1.165, 1.54) is 5.56 Å². The van der Waals surface area contributed by atoms with Gasteiger partial charge in [-0.3, -0.25) is 0 Å². The molecular weight excluding hydrogens is 222 g/mol. The minimum absolute atomic E-state index is 0.344. The minimum atomic E-state index is 0.344. The summed E-state index contributed by atoms with van der Waals surface area (Å²) in [6.07, 6.45) is 2.97. The SMILES string of the molecule is CC#CCCC(NC)c1cccc(OCCC)c1. The molecule has 0 saturated heterocycles. The van der Waals surface area contributed by atoms with Gasteiger partial charge in [-0.15, -0.1) is 11.8 Å². The van der Waals surface area contributed by atoms with Gasteiger partial charge in [-0.1, -0.05) is 19.1 Å². The highest BCUT2D eigenvalue weighted by molar-refractivity contribution is 5.30. The molecule has 1 atom stereocenters. The Bertz CT molecular complexity index is 403. The predicted octanol–water partition coefficient (Wildman–Crippen LogP) is 3.54. The molecule has 2 heteroatoms. The summed E-state index contributed by atoms with van der Waals surface area (Å²) in [5.74, 6) is 7.00. The molecule has 1 N–H and O–H groups in total. The number of nitrogens with one attached hydrogen (secondary N) is 1. The average Bonchev–Trinajstić information content (AvgIpc) is 2.42. The molecule has 0 amide bonds. The fraction of sp³-hybridized carbons (Fsp3) is 0.500. The van der Waals surface area contributed by atoms with E-state index in [2.05, 4.69) is 42.3 Å². The van der Waals surface area contributed by atoms with Crippen LogP contribution in [0.1, 0.15) is 44.7 Å². The summed E-state index contributed by atoms with van der Waals surface area (Å²) < 4.78 is 5.66. The second-order valence-electron chi connectivity index (χ2n) is 4.23. The Labute approximate surface area is 111 Å². The molecule has 18 heavy (non-hydrogen) atoms. The van der Waals surface area contributed by atoms with Crippen molar-refractivity contribution in [3.63, 3.8) is 0 Å². The van der Waals surface area contributed by atoms with Crippen molar-refractivity contribution in [3.05, 3.63) is 29.8 Å². The Morgan fingerprint density at radius 1 is 1.39 bits per heavy atom. The lowest BCUT2D eigenvalue weighted by Crippen LogP contribution is -2.16. The smallest absolute Gasteiger partial charge is 0.119 e. The molecule has 1 aromatic carbocycles. The normalized spacial score (nSPS) is 11.5. The zero-order valence-corrected chi connectivity index (χ0v) is 11.6. The van der Waals surface area contributed by atoms with Gasteiger partial charge in [-0.25, -0.2) is 0 Å². The van der Waals surface area contributed by atoms with Crippen molar-refractivity contribution in [2.24, 2.45) is 0 Å². The summed E-state index contributed by atoms with van der Waals surface area (Å²) in [4.78, 5) is 0. The monoisotopic (exact) mass is 245 g/mol. The molecule has 1 aromatic rings. The first kappa shape index (κ1) is 14.6. The highest BCUT2D eigenvalue weighted by atomic mass is 16.5. The summed E-state index contributed by atoms with van der Waals surface area (Å²) in [6, 6.07) is 8.67. The maximum Gasteiger partial charge on any atom is 0.119 e. The van der Waals surface area contributed by atoms with E-state index in [4.69, 9.17) is 4.74 Å². The standard InChI is InChI=1S/C16H23NO/c1-4-6-7-11-16(17-3)14-9-8-10-15(13-14)18-12-5-2/h8-10,13,16-17H,5,7,11-12H2,1-3H3. The summed E-state index contributed by atoms with van der Waals surface area (Å²) >= 11 is 0. The van der Waals surface area contributed by atoms with Crippen LogP contribution in [0.15, 0.2) is 24.3 Å². The molecule has 0 bridgehead atoms. The van der Waals surface area contributed by atoms with Crippen molar-refractivity contribution in [2.75, 3.05) is 13.7 Å². The lowest BCUT2D eigenvalue weighted by molar-refractivity contribution is 0.316. The van der Waals surface area contributed by atoms with E-state index in [0.717, 1.165) is 31.6 Å². The van der Waals surface area contributed by atoms with Crippen LogP contribution in [0.5, 0.6) is 5.75 Å². The molecule has 0 aliphatic rings. The third kappa shape index (κ3) is 4.81. The Balaban J connectivity index is 2.68. The number of hydrogen-bond acceptors (Lipinski definition) is 2. The third-order valence-electron chi connectivity index (χ3n) is 2.82. The summed E-state index contributed by atoms with van der Waals surface area (Å²) in [6.45, 7) is 4.77. The summed E-state index contributed by atoms with van der Waals surface area (Å²) in [7, 11) is 1.99. The third-order valence-corrected chi connectivity index (χ3v) is 2.82. The molecule has 0 fully saturated rings. The van der Waals surface area contributed by atoms with E-state index >= 15 is 0 Å². The Kier molecular flexibility index (Phi) is 6.98. The van der Waals surface area contributed by atoms with Crippen LogP contribution in [0.2, 0.25) is 0 Å². The zero-order chi connectivity index (χ0) is 13.2. The Hall–Kier alpha value is -1.46. The largest absolute Gasteiger partial charge is 0.494 e. The van der Waals surface area contributed by atoms with E-state index in [0.29, 0.717) is 6.04 Å². The minimum Gasteiger partial charge on any atom is -0.494 e. The van der Waals surface area contributed by atoms with Crippen LogP contribution in [-0.2, 0) is 0 Å². The first-order valence-corrected chi connectivity index (χ1v) is 6.61. The molecule has 0 aromatic heterocycles. The number of hydrogen-bond donors (Lipinski definition) is 1. The van der Waals surface area contributed by atoms with Crippen LogP contribution >= 0.6 is 0 Å². The van der Waals surface area contributed by atoms with E-state index in [9.17, 15) is 0 Å². The summed E-state index contributed by atoms with van der Waals surface area (Å²) in [5, 5.41) is 3.34. The van der Waals surface area contributed by atoms with Gasteiger partial charge in [0, 0.05) is 12.5 Å².